The van der Waals surface area contributed by atoms with E-state index in [2.05, 4.69) is 32.0 Å². The smallest absolute Gasteiger partial charge is 0.0585 e. The molecule has 0 bridgehead atoms. The fourth-order valence-corrected chi connectivity index (χ4v) is 3.62. The van der Waals surface area contributed by atoms with Gasteiger partial charge in [0.1, 0.15) is 0 Å². The first-order valence-corrected chi connectivity index (χ1v) is 8.44. The van der Waals surface area contributed by atoms with Gasteiger partial charge in [-0.05, 0) is 48.3 Å². The van der Waals surface area contributed by atoms with Gasteiger partial charge in [0.25, 0.3) is 0 Å². The maximum Gasteiger partial charge on any atom is 0.0585 e. The van der Waals surface area contributed by atoms with E-state index in [1.54, 1.807) is 0 Å². The molecule has 19 heavy (non-hydrogen) atoms. The van der Waals surface area contributed by atoms with Crippen molar-refractivity contribution in [2.75, 3.05) is 0 Å². The quantitative estimate of drug-likeness (QED) is 0.555. The monoisotopic (exact) mass is 278 g/mol. The Morgan fingerprint density at radius 2 is 1.79 bits per heavy atom. The van der Waals surface area contributed by atoms with E-state index in [4.69, 9.17) is 11.6 Å². The number of aryl methyl sites for hydroxylation is 2. The number of hydrogen-bond acceptors (Lipinski definition) is 0. The standard InChI is InChI=1S/C18H27Cl/c1-3-15-10-11-17(13-16(15)4-2)18(19)12-9-14-7-5-6-8-14/h10-11,13-14,18H,3-9,12H2,1-2H3. The summed E-state index contributed by atoms with van der Waals surface area (Å²) in [5.41, 5.74) is 4.28. The summed E-state index contributed by atoms with van der Waals surface area (Å²) in [5.74, 6) is 0.946. The zero-order valence-corrected chi connectivity index (χ0v) is 13.2. The highest BCUT2D eigenvalue weighted by Gasteiger charge is 2.17. The summed E-state index contributed by atoms with van der Waals surface area (Å²) >= 11 is 6.61. The van der Waals surface area contributed by atoms with Crippen LogP contribution in [0.1, 0.15) is 74.4 Å². The number of benzene rings is 1. The average molecular weight is 279 g/mol. The summed E-state index contributed by atoms with van der Waals surface area (Å²) < 4.78 is 0. The van der Waals surface area contributed by atoms with E-state index in [0.29, 0.717) is 0 Å². The fourth-order valence-electron chi connectivity index (χ4n) is 3.36. The molecule has 1 unspecified atom stereocenters. The molecule has 1 aliphatic carbocycles. The van der Waals surface area contributed by atoms with E-state index in [1.807, 2.05) is 0 Å². The minimum atomic E-state index is 0.205. The molecule has 0 N–H and O–H groups in total. The third-order valence-corrected chi connectivity index (χ3v) is 5.13. The third kappa shape index (κ3) is 3.99. The topological polar surface area (TPSA) is 0 Å². The first-order valence-electron chi connectivity index (χ1n) is 8.00. The van der Waals surface area contributed by atoms with Crippen LogP contribution in [0.15, 0.2) is 18.2 Å². The van der Waals surface area contributed by atoms with Crippen LogP contribution in [-0.4, -0.2) is 0 Å². The third-order valence-electron chi connectivity index (χ3n) is 4.66. The molecular formula is C18H27Cl. The summed E-state index contributed by atoms with van der Waals surface area (Å²) in [5, 5.41) is 0.205. The van der Waals surface area contributed by atoms with Crippen molar-refractivity contribution in [2.45, 2.75) is 70.6 Å². The lowest BCUT2D eigenvalue weighted by atomic mass is 9.95. The van der Waals surface area contributed by atoms with Crippen molar-refractivity contribution in [2.24, 2.45) is 5.92 Å². The van der Waals surface area contributed by atoms with Crippen molar-refractivity contribution in [1.29, 1.82) is 0 Å². The van der Waals surface area contributed by atoms with Crippen molar-refractivity contribution in [3.63, 3.8) is 0 Å². The van der Waals surface area contributed by atoms with E-state index in [0.717, 1.165) is 25.2 Å². The second kappa shape index (κ2) is 7.33. The van der Waals surface area contributed by atoms with Crippen LogP contribution in [0.2, 0.25) is 0 Å². The van der Waals surface area contributed by atoms with Gasteiger partial charge in [-0.25, -0.2) is 0 Å². The van der Waals surface area contributed by atoms with Crippen LogP contribution in [0.25, 0.3) is 0 Å². The van der Waals surface area contributed by atoms with Gasteiger partial charge in [0.15, 0.2) is 0 Å². The van der Waals surface area contributed by atoms with Gasteiger partial charge in [-0.3, -0.25) is 0 Å². The minimum Gasteiger partial charge on any atom is -0.118 e. The van der Waals surface area contributed by atoms with Gasteiger partial charge in [0.05, 0.1) is 5.38 Å². The Morgan fingerprint density at radius 1 is 1.11 bits per heavy atom. The van der Waals surface area contributed by atoms with E-state index in [9.17, 15) is 0 Å². The van der Waals surface area contributed by atoms with Gasteiger partial charge in [-0.15, -0.1) is 11.6 Å². The van der Waals surface area contributed by atoms with Crippen molar-refractivity contribution in [3.8, 4) is 0 Å². The van der Waals surface area contributed by atoms with Crippen LogP contribution < -0.4 is 0 Å². The maximum atomic E-state index is 6.61. The molecule has 1 aliphatic rings. The minimum absolute atomic E-state index is 0.205. The van der Waals surface area contributed by atoms with Crippen LogP contribution in [0.5, 0.6) is 0 Å². The highest BCUT2D eigenvalue weighted by atomic mass is 35.5. The maximum absolute atomic E-state index is 6.61. The molecule has 1 aromatic rings. The normalized spacial score (nSPS) is 17.8. The molecule has 0 aromatic heterocycles. The Kier molecular flexibility index (Phi) is 5.76. The van der Waals surface area contributed by atoms with E-state index < -0.39 is 0 Å². The molecule has 0 nitrogen and oxygen atoms in total. The Morgan fingerprint density at radius 3 is 2.42 bits per heavy atom. The summed E-state index contributed by atoms with van der Waals surface area (Å²) in [7, 11) is 0. The molecule has 1 fully saturated rings. The molecule has 1 saturated carbocycles. The number of alkyl halides is 1. The first-order chi connectivity index (χ1) is 9.24. The Hall–Kier alpha value is -0.490. The van der Waals surface area contributed by atoms with Crippen molar-refractivity contribution < 1.29 is 0 Å². The molecule has 0 aliphatic heterocycles. The van der Waals surface area contributed by atoms with Crippen LogP contribution in [-0.2, 0) is 12.8 Å². The van der Waals surface area contributed by atoms with E-state index in [1.165, 1.54) is 48.8 Å². The number of rotatable bonds is 6. The lowest BCUT2D eigenvalue weighted by molar-refractivity contribution is 0.480. The highest BCUT2D eigenvalue weighted by molar-refractivity contribution is 6.20. The SMILES string of the molecule is CCc1ccc(C(Cl)CCC2CCCC2)cc1CC. The number of halogens is 1. The molecule has 0 heterocycles. The average Bonchev–Trinajstić information content (AvgIpc) is 2.97. The Labute approximate surface area is 123 Å². The molecule has 0 radical (unpaired) electrons. The zero-order chi connectivity index (χ0) is 13.7. The summed E-state index contributed by atoms with van der Waals surface area (Å²) in [6.45, 7) is 4.46. The molecule has 0 amide bonds. The van der Waals surface area contributed by atoms with Crippen LogP contribution >= 0.6 is 11.6 Å². The second-order valence-electron chi connectivity index (χ2n) is 5.93. The van der Waals surface area contributed by atoms with Gasteiger partial charge >= 0.3 is 0 Å². The lowest BCUT2D eigenvalue weighted by Crippen LogP contribution is -1.99. The molecule has 1 atom stereocenters. The zero-order valence-electron chi connectivity index (χ0n) is 12.4. The lowest BCUT2D eigenvalue weighted by Gasteiger charge is -2.15. The molecular weight excluding hydrogens is 252 g/mol. The van der Waals surface area contributed by atoms with Gasteiger partial charge in [-0.2, -0.15) is 0 Å². The summed E-state index contributed by atoms with van der Waals surface area (Å²) in [6.07, 6.45) is 10.4. The van der Waals surface area contributed by atoms with Gasteiger partial charge < -0.3 is 0 Å². The highest BCUT2D eigenvalue weighted by Crippen LogP contribution is 2.34. The van der Waals surface area contributed by atoms with Crippen molar-refractivity contribution in [1.82, 2.24) is 0 Å². The molecule has 106 valence electrons. The molecule has 1 aromatic carbocycles. The number of hydrogen-bond donors (Lipinski definition) is 0. The van der Waals surface area contributed by atoms with E-state index in [-0.39, 0.29) is 5.38 Å². The van der Waals surface area contributed by atoms with Crippen LogP contribution in [0.3, 0.4) is 0 Å². The van der Waals surface area contributed by atoms with Crippen LogP contribution in [0.4, 0.5) is 0 Å². The van der Waals surface area contributed by atoms with Crippen LogP contribution in [0, 0.1) is 5.92 Å². The summed E-state index contributed by atoms with van der Waals surface area (Å²) in [6, 6.07) is 6.86. The molecule has 0 saturated heterocycles. The summed E-state index contributed by atoms with van der Waals surface area (Å²) in [4.78, 5) is 0. The van der Waals surface area contributed by atoms with Gasteiger partial charge in [0.2, 0.25) is 0 Å². The largest absolute Gasteiger partial charge is 0.118 e. The fraction of sp³-hybridized carbons (Fsp3) is 0.667. The Balaban J connectivity index is 1.95. The molecule has 2 rings (SSSR count). The van der Waals surface area contributed by atoms with E-state index >= 15 is 0 Å². The first kappa shape index (κ1) is 14.9. The molecule has 1 heteroatoms. The van der Waals surface area contributed by atoms with Gasteiger partial charge in [0, 0.05) is 0 Å². The molecule has 0 spiro atoms. The predicted octanol–water partition coefficient (Wildman–Crippen LogP) is 6.06. The van der Waals surface area contributed by atoms with Crippen molar-refractivity contribution >= 4 is 11.6 Å². The van der Waals surface area contributed by atoms with Gasteiger partial charge in [-0.1, -0.05) is 57.7 Å². The predicted molar refractivity (Wildman–Crippen MR) is 85.0 cm³/mol. The Bertz CT molecular complexity index is 391. The van der Waals surface area contributed by atoms with Crippen molar-refractivity contribution in [3.05, 3.63) is 34.9 Å². The second-order valence-corrected chi connectivity index (χ2v) is 6.46.